The summed E-state index contributed by atoms with van der Waals surface area (Å²) in [4.78, 5) is 12.1. The molecule has 4 nitrogen and oxygen atoms in total. The van der Waals surface area contributed by atoms with E-state index in [1.54, 1.807) is 19.1 Å². The molecule has 0 aliphatic heterocycles. The van der Waals surface area contributed by atoms with Crippen molar-refractivity contribution in [1.82, 2.24) is 0 Å². The Morgan fingerprint density at radius 1 is 1.10 bits per heavy atom. The standard InChI is InChI=1S/C14H12F3N3O/c1-7-2-3-9(11(4-7)20-18)14(21)19-12-6-8(15)5-10(16)13(12)17/h2-6,20H,18H2,1H3,(H,19,21). The Kier molecular flexibility index (Phi) is 4.13. The van der Waals surface area contributed by atoms with Gasteiger partial charge in [0, 0.05) is 12.1 Å². The normalized spacial score (nSPS) is 10.3. The van der Waals surface area contributed by atoms with E-state index in [0.29, 0.717) is 17.8 Å². The van der Waals surface area contributed by atoms with Crippen molar-refractivity contribution in [2.45, 2.75) is 6.92 Å². The molecule has 0 saturated heterocycles. The third kappa shape index (κ3) is 3.14. The number of nitrogens with two attached hydrogens (primary N) is 1. The lowest BCUT2D eigenvalue weighted by Gasteiger charge is -2.11. The molecule has 7 heteroatoms. The predicted molar refractivity (Wildman–Crippen MR) is 73.3 cm³/mol. The lowest BCUT2D eigenvalue weighted by Crippen LogP contribution is -2.18. The predicted octanol–water partition coefficient (Wildman–Crippen LogP) is 2.95. The number of amides is 1. The summed E-state index contributed by atoms with van der Waals surface area (Å²) in [5, 5.41) is 2.11. The first-order chi connectivity index (χ1) is 9.92. The molecule has 1 amide bonds. The highest BCUT2D eigenvalue weighted by atomic mass is 19.2. The first-order valence-corrected chi connectivity index (χ1v) is 5.95. The van der Waals surface area contributed by atoms with Gasteiger partial charge < -0.3 is 10.7 Å². The van der Waals surface area contributed by atoms with Crippen LogP contribution in [-0.2, 0) is 0 Å². The van der Waals surface area contributed by atoms with Gasteiger partial charge in [-0.1, -0.05) is 6.07 Å². The minimum atomic E-state index is -1.38. The summed E-state index contributed by atoms with van der Waals surface area (Å²) in [5.74, 6) is 0.849. The maximum Gasteiger partial charge on any atom is 0.257 e. The van der Waals surface area contributed by atoms with Gasteiger partial charge >= 0.3 is 0 Å². The van der Waals surface area contributed by atoms with E-state index in [4.69, 9.17) is 5.84 Å². The third-order valence-electron chi connectivity index (χ3n) is 2.82. The molecule has 0 radical (unpaired) electrons. The van der Waals surface area contributed by atoms with Gasteiger partial charge in [-0.25, -0.2) is 13.2 Å². The van der Waals surface area contributed by atoms with Crippen molar-refractivity contribution < 1.29 is 18.0 Å². The van der Waals surface area contributed by atoms with E-state index >= 15 is 0 Å². The SMILES string of the molecule is Cc1ccc(C(=O)Nc2cc(F)cc(F)c2F)c(NN)c1. The van der Waals surface area contributed by atoms with E-state index in [-0.39, 0.29) is 5.56 Å². The van der Waals surface area contributed by atoms with Crippen LogP contribution in [0.25, 0.3) is 0 Å². The molecular formula is C14H12F3N3O. The smallest absolute Gasteiger partial charge is 0.257 e. The number of aryl methyl sites for hydroxylation is 1. The van der Waals surface area contributed by atoms with Crippen molar-refractivity contribution >= 4 is 17.3 Å². The quantitative estimate of drug-likeness (QED) is 0.463. The Balaban J connectivity index is 2.35. The Morgan fingerprint density at radius 3 is 2.48 bits per heavy atom. The molecule has 0 unspecified atom stereocenters. The highest BCUT2D eigenvalue weighted by Gasteiger charge is 2.16. The topological polar surface area (TPSA) is 67.2 Å². The number of anilines is 2. The summed E-state index contributed by atoms with van der Waals surface area (Å²) in [7, 11) is 0. The van der Waals surface area contributed by atoms with Gasteiger partial charge in [0.15, 0.2) is 11.6 Å². The average Bonchev–Trinajstić information content (AvgIpc) is 2.43. The number of nitrogens with one attached hydrogen (secondary N) is 2. The summed E-state index contributed by atoms with van der Waals surface area (Å²) in [6.45, 7) is 1.80. The highest BCUT2D eigenvalue weighted by Crippen LogP contribution is 2.22. The average molecular weight is 295 g/mol. The summed E-state index contributed by atoms with van der Waals surface area (Å²) >= 11 is 0. The molecule has 0 fully saturated rings. The molecule has 0 atom stereocenters. The van der Waals surface area contributed by atoms with Gasteiger partial charge in [-0.05, 0) is 24.6 Å². The lowest BCUT2D eigenvalue weighted by molar-refractivity contribution is 0.102. The Labute approximate surface area is 118 Å². The van der Waals surface area contributed by atoms with E-state index in [1.807, 2.05) is 0 Å². The lowest BCUT2D eigenvalue weighted by atomic mass is 10.1. The van der Waals surface area contributed by atoms with Crippen LogP contribution in [-0.4, -0.2) is 5.91 Å². The second-order valence-corrected chi connectivity index (χ2v) is 4.40. The van der Waals surface area contributed by atoms with Crippen molar-refractivity contribution in [3.63, 3.8) is 0 Å². The number of carbonyl (C=O) groups is 1. The first-order valence-electron chi connectivity index (χ1n) is 5.95. The van der Waals surface area contributed by atoms with Crippen LogP contribution >= 0.6 is 0 Å². The zero-order valence-electron chi connectivity index (χ0n) is 11.0. The van der Waals surface area contributed by atoms with Crippen LogP contribution in [0.4, 0.5) is 24.5 Å². The number of hydrogen-bond acceptors (Lipinski definition) is 3. The van der Waals surface area contributed by atoms with Gasteiger partial charge in [0.2, 0.25) is 0 Å². The van der Waals surface area contributed by atoms with Crippen LogP contribution in [0, 0.1) is 24.4 Å². The van der Waals surface area contributed by atoms with Crippen LogP contribution in [0.15, 0.2) is 30.3 Å². The van der Waals surface area contributed by atoms with Gasteiger partial charge in [0.05, 0.1) is 16.9 Å². The highest BCUT2D eigenvalue weighted by molar-refractivity contribution is 6.08. The zero-order chi connectivity index (χ0) is 15.6. The second-order valence-electron chi connectivity index (χ2n) is 4.40. The van der Waals surface area contributed by atoms with Crippen molar-refractivity contribution in [3.05, 3.63) is 58.9 Å². The van der Waals surface area contributed by atoms with Gasteiger partial charge in [0.25, 0.3) is 5.91 Å². The van der Waals surface area contributed by atoms with E-state index in [1.165, 1.54) is 6.07 Å². The molecule has 4 N–H and O–H groups in total. The number of hydrazine groups is 1. The van der Waals surface area contributed by atoms with Crippen molar-refractivity contribution in [2.24, 2.45) is 5.84 Å². The van der Waals surface area contributed by atoms with E-state index in [2.05, 4.69) is 10.7 Å². The van der Waals surface area contributed by atoms with Gasteiger partial charge in [-0.15, -0.1) is 0 Å². The minimum absolute atomic E-state index is 0.118. The molecule has 2 rings (SSSR count). The van der Waals surface area contributed by atoms with Crippen molar-refractivity contribution in [1.29, 1.82) is 0 Å². The summed E-state index contributed by atoms with van der Waals surface area (Å²) in [6, 6.07) is 5.81. The molecule has 0 spiro atoms. The molecular weight excluding hydrogens is 283 g/mol. The molecule has 2 aromatic rings. The summed E-state index contributed by atoms with van der Waals surface area (Å²) < 4.78 is 39.7. The number of nitrogen functional groups attached to an aromatic ring is 1. The van der Waals surface area contributed by atoms with Crippen LogP contribution in [0.1, 0.15) is 15.9 Å². The molecule has 0 bridgehead atoms. The first kappa shape index (κ1) is 14.9. The Morgan fingerprint density at radius 2 is 1.81 bits per heavy atom. The summed E-state index contributed by atoms with van der Waals surface area (Å²) in [5.41, 5.74) is 3.03. The molecule has 2 aromatic carbocycles. The molecule has 0 aliphatic carbocycles. The molecule has 0 saturated carbocycles. The number of hydrogen-bond donors (Lipinski definition) is 3. The molecule has 21 heavy (non-hydrogen) atoms. The minimum Gasteiger partial charge on any atom is -0.323 e. The van der Waals surface area contributed by atoms with Crippen LogP contribution in [0.3, 0.4) is 0 Å². The monoisotopic (exact) mass is 295 g/mol. The Bertz CT molecular complexity index is 704. The molecule has 110 valence electrons. The number of carbonyl (C=O) groups excluding carboxylic acids is 1. The largest absolute Gasteiger partial charge is 0.323 e. The van der Waals surface area contributed by atoms with Gasteiger partial charge in [-0.3, -0.25) is 10.6 Å². The van der Waals surface area contributed by atoms with Crippen molar-refractivity contribution in [2.75, 3.05) is 10.7 Å². The molecule has 0 heterocycles. The zero-order valence-corrected chi connectivity index (χ0v) is 11.0. The van der Waals surface area contributed by atoms with Crippen LogP contribution in [0.5, 0.6) is 0 Å². The fraction of sp³-hybridized carbons (Fsp3) is 0.0714. The van der Waals surface area contributed by atoms with Crippen LogP contribution in [0.2, 0.25) is 0 Å². The number of benzene rings is 2. The van der Waals surface area contributed by atoms with Gasteiger partial charge in [0.1, 0.15) is 5.82 Å². The third-order valence-corrected chi connectivity index (χ3v) is 2.82. The molecule has 0 aromatic heterocycles. The number of rotatable bonds is 3. The van der Waals surface area contributed by atoms with Gasteiger partial charge in [-0.2, -0.15) is 0 Å². The van der Waals surface area contributed by atoms with E-state index in [0.717, 1.165) is 5.56 Å². The fourth-order valence-corrected chi connectivity index (χ4v) is 1.81. The fourth-order valence-electron chi connectivity index (χ4n) is 1.81. The van der Waals surface area contributed by atoms with E-state index < -0.39 is 29.0 Å². The number of halogens is 3. The Hall–Kier alpha value is -2.54. The summed E-state index contributed by atoms with van der Waals surface area (Å²) in [6.07, 6.45) is 0. The maximum atomic E-state index is 13.5. The van der Waals surface area contributed by atoms with Crippen molar-refractivity contribution in [3.8, 4) is 0 Å². The van der Waals surface area contributed by atoms with E-state index in [9.17, 15) is 18.0 Å². The molecule has 0 aliphatic rings. The second kappa shape index (κ2) is 5.84. The maximum absolute atomic E-state index is 13.5. The van der Waals surface area contributed by atoms with Crippen LogP contribution < -0.4 is 16.6 Å².